The fourth-order valence-electron chi connectivity index (χ4n) is 4.05. The molecule has 0 saturated heterocycles. The van der Waals surface area contributed by atoms with Gasteiger partial charge < -0.3 is 10.2 Å². The molecule has 0 bridgehead atoms. The third-order valence-corrected chi connectivity index (χ3v) is 5.34. The predicted molar refractivity (Wildman–Crippen MR) is 100 cm³/mol. The van der Waals surface area contributed by atoms with Crippen LogP contribution in [0.15, 0.2) is 42.6 Å². The highest BCUT2D eigenvalue weighted by molar-refractivity contribution is 6.00. The average Bonchev–Trinajstić information content (AvgIpc) is 2.68. The van der Waals surface area contributed by atoms with Crippen LogP contribution in [-0.4, -0.2) is 23.5 Å². The van der Waals surface area contributed by atoms with E-state index in [0.29, 0.717) is 11.6 Å². The molecule has 0 radical (unpaired) electrons. The van der Waals surface area contributed by atoms with Gasteiger partial charge in [0.15, 0.2) is 0 Å². The molecule has 2 aliphatic rings. The number of nitrogens with one attached hydrogen (secondary N) is 1. The maximum Gasteiger partial charge on any atom is 0.255 e. The number of aryl methyl sites for hydroxylation is 1. The quantitative estimate of drug-likeness (QED) is 0.913. The molecule has 130 valence electrons. The summed E-state index contributed by atoms with van der Waals surface area (Å²) in [6, 6.07) is 12.5. The largest absolute Gasteiger partial charge is 0.349 e. The van der Waals surface area contributed by atoms with E-state index in [9.17, 15) is 4.79 Å². The first kappa shape index (κ1) is 16.1. The van der Waals surface area contributed by atoms with E-state index < -0.39 is 0 Å². The zero-order valence-corrected chi connectivity index (χ0v) is 14.6. The number of amides is 1. The molecular weight excluding hydrogens is 310 g/mol. The molecule has 1 aliphatic heterocycles. The minimum Gasteiger partial charge on any atom is -0.349 e. The Morgan fingerprint density at radius 3 is 2.76 bits per heavy atom. The first-order valence-electron chi connectivity index (χ1n) is 9.44. The van der Waals surface area contributed by atoms with Gasteiger partial charge in [0.25, 0.3) is 5.91 Å². The predicted octanol–water partition coefficient (Wildman–Crippen LogP) is 4.23. The molecular formula is C21H25N3O. The standard InChI is InChI=1S/C21H25N3O/c25-21(23-17-10-2-1-3-11-17)18-12-6-14-22-20(18)24-15-7-9-16-8-4-5-13-19(16)24/h4-6,8,12-14,17H,1-3,7,9-11,15H2,(H,23,25). The summed E-state index contributed by atoms with van der Waals surface area (Å²) in [5, 5.41) is 3.23. The Morgan fingerprint density at radius 1 is 1.04 bits per heavy atom. The third kappa shape index (κ3) is 3.39. The number of benzene rings is 1. The zero-order chi connectivity index (χ0) is 17.1. The van der Waals surface area contributed by atoms with Crippen LogP contribution < -0.4 is 10.2 Å². The highest BCUT2D eigenvalue weighted by Gasteiger charge is 2.25. The van der Waals surface area contributed by atoms with E-state index in [1.165, 1.54) is 30.5 Å². The van der Waals surface area contributed by atoms with E-state index in [-0.39, 0.29) is 5.91 Å². The maximum atomic E-state index is 12.9. The molecule has 2 heterocycles. The summed E-state index contributed by atoms with van der Waals surface area (Å²) in [4.78, 5) is 19.7. The minimum atomic E-state index is 0.0121. The SMILES string of the molecule is O=C(NC1CCCCC1)c1cccnc1N1CCCc2ccccc21. The Morgan fingerprint density at radius 2 is 1.88 bits per heavy atom. The molecule has 0 atom stereocenters. The van der Waals surface area contributed by atoms with E-state index >= 15 is 0 Å². The van der Waals surface area contributed by atoms with Crippen LogP contribution in [0.1, 0.15) is 54.4 Å². The second-order valence-electron chi connectivity index (χ2n) is 7.07. The molecule has 1 aliphatic carbocycles. The normalized spacial score (nSPS) is 17.8. The second-order valence-corrected chi connectivity index (χ2v) is 7.07. The molecule has 1 fully saturated rings. The smallest absolute Gasteiger partial charge is 0.255 e. The topological polar surface area (TPSA) is 45.2 Å². The molecule has 25 heavy (non-hydrogen) atoms. The van der Waals surface area contributed by atoms with Gasteiger partial charge in [-0.25, -0.2) is 4.98 Å². The van der Waals surface area contributed by atoms with Gasteiger partial charge in [0.05, 0.1) is 5.56 Å². The van der Waals surface area contributed by atoms with Crippen LogP contribution in [0.5, 0.6) is 0 Å². The summed E-state index contributed by atoms with van der Waals surface area (Å²) in [5.74, 6) is 0.793. The summed E-state index contributed by atoms with van der Waals surface area (Å²) in [7, 11) is 0. The van der Waals surface area contributed by atoms with Crippen LogP contribution in [0.25, 0.3) is 0 Å². The molecule has 1 aromatic heterocycles. The lowest BCUT2D eigenvalue weighted by Crippen LogP contribution is -2.37. The van der Waals surface area contributed by atoms with E-state index in [2.05, 4.69) is 39.5 Å². The van der Waals surface area contributed by atoms with Crippen LogP contribution in [-0.2, 0) is 6.42 Å². The van der Waals surface area contributed by atoms with Crippen LogP contribution in [0.4, 0.5) is 11.5 Å². The molecule has 4 rings (SSSR count). The van der Waals surface area contributed by atoms with Crippen molar-refractivity contribution < 1.29 is 4.79 Å². The van der Waals surface area contributed by atoms with Crippen LogP contribution in [0.3, 0.4) is 0 Å². The number of carbonyl (C=O) groups excluding carboxylic acids is 1. The summed E-state index contributed by atoms with van der Waals surface area (Å²) in [6.45, 7) is 0.901. The highest BCUT2D eigenvalue weighted by atomic mass is 16.1. The van der Waals surface area contributed by atoms with Crippen molar-refractivity contribution in [2.75, 3.05) is 11.4 Å². The Labute approximate surface area is 149 Å². The van der Waals surface area contributed by atoms with Gasteiger partial charge in [-0.2, -0.15) is 0 Å². The van der Waals surface area contributed by atoms with Gasteiger partial charge in [0.2, 0.25) is 0 Å². The molecule has 1 N–H and O–H groups in total. The molecule has 4 nitrogen and oxygen atoms in total. The molecule has 0 unspecified atom stereocenters. The average molecular weight is 335 g/mol. The van der Waals surface area contributed by atoms with Crippen molar-refractivity contribution in [2.45, 2.75) is 51.0 Å². The Bertz CT molecular complexity index is 752. The van der Waals surface area contributed by atoms with E-state index in [1.807, 2.05) is 12.1 Å². The number of carbonyl (C=O) groups is 1. The van der Waals surface area contributed by atoms with E-state index in [0.717, 1.165) is 38.0 Å². The molecule has 1 saturated carbocycles. The maximum absolute atomic E-state index is 12.9. The highest BCUT2D eigenvalue weighted by Crippen LogP contribution is 2.34. The van der Waals surface area contributed by atoms with Gasteiger partial charge in [-0.05, 0) is 49.4 Å². The number of hydrogen-bond donors (Lipinski definition) is 1. The third-order valence-electron chi connectivity index (χ3n) is 5.34. The van der Waals surface area contributed by atoms with Crippen molar-refractivity contribution in [1.82, 2.24) is 10.3 Å². The van der Waals surface area contributed by atoms with E-state index in [4.69, 9.17) is 0 Å². The van der Waals surface area contributed by atoms with Gasteiger partial charge >= 0.3 is 0 Å². The van der Waals surface area contributed by atoms with Crippen molar-refractivity contribution in [3.05, 3.63) is 53.7 Å². The van der Waals surface area contributed by atoms with Gasteiger partial charge in [0, 0.05) is 24.5 Å². The van der Waals surface area contributed by atoms with E-state index in [1.54, 1.807) is 6.20 Å². The zero-order valence-electron chi connectivity index (χ0n) is 14.6. The lowest BCUT2D eigenvalue weighted by molar-refractivity contribution is 0.0928. The van der Waals surface area contributed by atoms with Crippen molar-refractivity contribution >= 4 is 17.4 Å². The van der Waals surface area contributed by atoms with Crippen molar-refractivity contribution in [1.29, 1.82) is 0 Å². The lowest BCUT2D eigenvalue weighted by atomic mass is 9.95. The molecule has 4 heteroatoms. The van der Waals surface area contributed by atoms with Crippen molar-refractivity contribution in [3.8, 4) is 0 Å². The second kappa shape index (κ2) is 7.26. The summed E-state index contributed by atoms with van der Waals surface area (Å²) in [6.07, 6.45) is 9.84. The lowest BCUT2D eigenvalue weighted by Gasteiger charge is -2.32. The van der Waals surface area contributed by atoms with Crippen molar-refractivity contribution in [2.24, 2.45) is 0 Å². The Hall–Kier alpha value is -2.36. The van der Waals surface area contributed by atoms with Crippen LogP contribution >= 0.6 is 0 Å². The number of hydrogen-bond acceptors (Lipinski definition) is 3. The van der Waals surface area contributed by atoms with Gasteiger partial charge in [-0.15, -0.1) is 0 Å². The molecule has 1 aromatic carbocycles. The molecule has 1 amide bonds. The Balaban J connectivity index is 1.62. The monoisotopic (exact) mass is 335 g/mol. The van der Waals surface area contributed by atoms with Crippen LogP contribution in [0, 0.1) is 0 Å². The number of pyridine rings is 1. The number of nitrogens with zero attached hydrogens (tertiary/aromatic N) is 2. The number of aromatic nitrogens is 1. The molecule has 0 spiro atoms. The number of fused-ring (bicyclic) bond motifs is 1. The Kier molecular flexibility index (Phi) is 4.68. The first-order chi connectivity index (χ1) is 12.3. The minimum absolute atomic E-state index is 0.0121. The summed E-state index contributed by atoms with van der Waals surface area (Å²) >= 11 is 0. The van der Waals surface area contributed by atoms with Crippen LogP contribution in [0.2, 0.25) is 0 Å². The van der Waals surface area contributed by atoms with Crippen molar-refractivity contribution in [3.63, 3.8) is 0 Å². The molecule has 2 aromatic rings. The van der Waals surface area contributed by atoms with Gasteiger partial charge in [-0.3, -0.25) is 4.79 Å². The summed E-state index contributed by atoms with van der Waals surface area (Å²) < 4.78 is 0. The first-order valence-corrected chi connectivity index (χ1v) is 9.44. The number of rotatable bonds is 3. The van der Waals surface area contributed by atoms with Gasteiger partial charge in [-0.1, -0.05) is 37.5 Å². The summed E-state index contributed by atoms with van der Waals surface area (Å²) in [5.41, 5.74) is 3.20. The number of anilines is 2. The fourth-order valence-corrected chi connectivity index (χ4v) is 4.05. The fraction of sp³-hybridized carbons (Fsp3) is 0.429. The number of para-hydroxylation sites is 1. The van der Waals surface area contributed by atoms with Gasteiger partial charge in [0.1, 0.15) is 5.82 Å².